The number of likely N-dealkylation sites (N-methyl/N-ethyl adjacent to an activating group) is 1. The summed E-state index contributed by atoms with van der Waals surface area (Å²) in [6, 6.07) is 7.60. The minimum Gasteiger partial charge on any atom is -0.347 e. The van der Waals surface area contributed by atoms with Crippen LogP contribution in [0.3, 0.4) is 0 Å². The van der Waals surface area contributed by atoms with E-state index in [4.69, 9.17) is 0 Å². The number of hydrogen-bond donors (Lipinski definition) is 1. The smallest absolute Gasteiger partial charge is 0.325 e. The molecule has 0 bridgehead atoms. The molecule has 1 aromatic rings. The molecule has 2 aliphatic rings. The third-order valence-corrected chi connectivity index (χ3v) is 6.15. The van der Waals surface area contributed by atoms with E-state index in [0.717, 1.165) is 34.7 Å². The lowest BCUT2D eigenvalue weighted by Gasteiger charge is -2.26. The highest BCUT2D eigenvalue weighted by atomic mass is 16.2. The Morgan fingerprint density at radius 3 is 2.31 bits per heavy atom. The molecule has 29 heavy (non-hydrogen) atoms. The first-order valence-electron chi connectivity index (χ1n) is 10.4. The lowest BCUT2D eigenvalue weighted by molar-refractivity contribution is -0.134. The van der Waals surface area contributed by atoms with Crippen molar-refractivity contribution in [2.75, 3.05) is 18.5 Å². The van der Waals surface area contributed by atoms with Crippen LogP contribution in [-0.2, 0) is 15.0 Å². The molecule has 2 heterocycles. The van der Waals surface area contributed by atoms with Gasteiger partial charge in [-0.2, -0.15) is 0 Å². The van der Waals surface area contributed by atoms with E-state index in [-0.39, 0.29) is 23.7 Å². The van der Waals surface area contributed by atoms with Crippen molar-refractivity contribution in [1.82, 2.24) is 10.2 Å². The minimum absolute atomic E-state index is 0.233. The highest BCUT2D eigenvalue weighted by Crippen LogP contribution is 2.46. The zero-order valence-corrected chi connectivity index (χ0v) is 18.0. The summed E-state index contributed by atoms with van der Waals surface area (Å²) < 4.78 is 0. The van der Waals surface area contributed by atoms with Gasteiger partial charge >= 0.3 is 6.03 Å². The van der Waals surface area contributed by atoms with Gasteiger partial charge in [-0.1, -0.05) is 58.7 Å². The number of ketones is 1. The summed E-state index contributed by atoms with van der Waals surface area (Å²) in [7, 11) is 1.94. The number of carbonyl (C=O) groups excluding carboxylic acids is 3. The molecule has 6 heteroatoms. The average Bonchev–Trinajstić information content (AvgIpc) is 3.00. The number of benzene rings is 1. The van der Waals surface area contributed by atoms with Crippen LogP contribution in [0.25, 0.3) is 0 Å². The number of nitrogens with zero attached hydrogens (tertiary/aromatic N) is 2. The summed E-state index contributed by atoms with van der Waals surface area (Å²) in [5.41, 5.74) is 1.89. The Kier molecular flexibility index (Phi) is 5.57. The number of fused-ring (bicyclic) bond motifs is 1. The molecular weight excluding hydrogens is 366 g/mol. The summed E-state index contributed by atoms with van der Waals surface area (Å²) in [4.78, 5) is 41.5. The molecule has 0 spiro atoms. The van der Waals surface area contributed by atoms with Gasteiger partial charge in [0, 0.05) is 29.9 Å². The van der Waals surface area contributed by atoms with Crippen LogP contribution in [0.4, 0.5) is 10.5 Å². The predicted molar refractivity (Wildman–Crippen MR) is 114 cm³/mol. The van der Waals surface area contributed by atoms with E-state index < -0.39 is 11.6 Å². The Balaban J connectivity index is 1.82. The maximum atomic E-state index is 13.0. The van der Waals surface area contributed by atoms with Crippen LogP contribution in [0.2, 0.25) is 0 Å². The fraction of sp³-hybridized carbons (Fsp3) is 0.522. The van der Waals surface area contributed by atoms with Gasteiger partial charge in [0.05, 0.1) is 6.54 Å². The van der Waals surface area contributed by atoms with Crippen molar-refractivity contribution in [3.05, 3.63) is 41.6 Å². The first-order chi connectivity index (χ1) is 13.7. The summed E-state index contributed by atoms with van der Waals surface area (Å²) in [5, 5.41) is 2.86. The molecule has 0 atom stereocenters. The zero-order chi connectivity index (χ0) is 21.4. The number of carbonyl (C=O) groups is 3. The second-order valence-corrected chi connectivity index (χ2v) is 8.60. The number of amides is 3. The number of urea groups is 1. The highest BCUT2D eigenvalue weighted by molar-refractivity contribution is 6.10. The number of rotatable bonds is 7. The molecule has 0 unspecified atom stereocenters. The highest BCUT2D eigenvalue weighted by Gasteiger charge is 2.50. The van der Waals surface area contributed by atoms with Crippen LogP contribution in [0, 0.1) is 0 Å². The molecule has 2 aliphatic heterocycles. The molecule has 6 nitrogen and oxygen atoms in total. The first-order valence-corrected chi connectivity index (χ1v) is 10.4. The van der Waals surface area contributed by atoms with E-state index in [1.54, 1.807) is 6.08 Å². The standard InChI is InChI=1S/C23H31N3O3/c1-6-12-23(13-7-2)20(28)26(21(29)24-23)15-16(27)14-19-22(3,4)17-10-8-9-11-18(17)25(19)5/h8-11,14H,6-7,12-13,15H2,1-5H3,(H,24,29)/b19-14+. The number of nitrogens with one attached hydrogen (secondary N) is 1. The Morgan fingerprint density at radius 1 is 1.10 bits per heavy atom. The number of imide groups is 1. The van der Waals surface area contributed by atoms with Crippen molar-refractivity contribution in [3.63, 3.8) is 0 Å². The summed E-state index contributed by atoms with van der Waals surface area (Å²) >= 11 is 0. The molecule has 1 fully saturated rings. The van der Waals surface area contributed by atoms with Crippen LogP contribution < -0.4 is 10.2 Å². The number of anilines is 1. The van der Waals surface area contributed by atoms with Gasteiger partial charge in [0.25, 0.3) is 5.91 Å². The largest absolute Gasteiger partial charge is 0.347 e. The van der Waals surface area contributed by atoms with E-state index in [0.29, 0.717) is 12.8 Å². The average molecular weight is 398 g/mol. The number of allylic oxidation sites excluding steroid dienone is 1. The minimum atomic E-state index is -0.867. The predicted octanol–water partition coefficient (Wildman–Crippen LogP) is 3.76. The molecule has 1 N–H and O–H groups in total. The Labute approximate surface area is 172 Å². The van der Waals surface area contributed by atoms with Gasteiger partial charge in [0.1, 0.15) is 5.54 Å². The van der Waals surface area contributed by atoms with E-state index in [1.165, 1.54) is 0 Å². The Bertz CT molecular complexity index is 866. The van der Waals surface area contributed by atoms with E-state index in [1.807, 2.05) is 44.0 Å². The van der Waals surface area contributed by atoms with Crippen molar-refractivity contribution >= 4 is 23.4 Å². The summed E-state index contributed by atoms with van der Waals surface area (Å²) in [5.74, 6) is -0.527. The SMILES string of the molecule is CCCC1(CCC)NC(=O)N(CC(=O)/C=C2/N(C)c3ccccc3C2(C)C)C1=O. The van der Waals surface area contributed by atoms with Gasteiger partial charge in [-0.25, -0.2) is 4.79 Å². The van der Waals surface area contributed by atoms with Crippen LogP contribution in [0.1, 0.15) is 58.9 Å². The Morgan fingerprint density at radius 2 is 1.72 bits per heavy atom. The fourth-order valence-electron chi connectivity index (χ4n) is 4.75. The van der Waals surface area contributed by atoms with Crippen molar-refractivity contribution in [2.45, 2.75) is 64.3 Å². The van der Waals surface area contributed by atoms with Crippen molar-refractivity contribution in [2.24, 2.45) is 0 Å². The quantitative estimate of drug-likeness (QED) is 0.562. The molecule has 0 aromatic heterocycles. The lowest BCUT2D eigenvalue weighted by atomic mass is 9.83. The molecule has 1 aromatic carbocycles. The zero-order valence-electron chi connectivity index (χ0n) is 18.0. The summed E-state index contributed by atoms with van der Waals surface area (Å²) in [6.45, 7) is 7.91. The third kappa shape index (κ3) is 3.45. The summed E-state index contributed by atoms with van der Waals surface area (Å²) in [6.07, 6.45) is 4.33. The second-order valence-electron chi connectivity index (χ2n) is 8.60. The van der Waals surface area contributed by atoms with Crippen LogP contribution in [-0.4, -0.2) is 41.8 Å². The van der Waals surface area contributed by atoms with Gasteiger partial charge in [-0.05, 0) is 24.5 Å². The second kappa shape index (κ2) is 7.65. The molecule has 156 valence electrons. The Hall–Kier alpha value is -2.63. The molecule has 1 saturated heterocycles. The number of para-hydroxylation sites is 1. The van der Waals surface area contributed by atoms with Gasteiger partial charge in [0.15, 0.2) is 5.78 Å². The maximum Gasteiger partial charge on any atom is 0.325 e. The molecule has 0 radical (unpaired) electrons. The molecule has 3 rings (SSSR count). The van der Waals surface area contributed by atoms with Gasteiger partial charge in [-0.3, -0.25) is 14.5 Å². The van der Waals surface area contributed by atoms with E-state index in [2.05, 4.69) is 25.2 Å². The van der Waals surface area contributed by atoms with Gasteiger partial charge < -0.3 is 10.2 Å². The van der Waals surface area contributed by atoms with Crippen LogP contribution >= 0.6 is 0 Å². The normalized spacial score (nSPS) is 20.9. The maximum absolute atomic E-state index is 13.0. The van der Waals surface area contributed by atoms with E-state index in [9.17, 15) is 14.4 Å². The van der Waals surface area contributed by atoms with Gasteiger partial charge in [-0.15, -0.1) is 0 Å². The molecule has 0 saturated carbocycles. The van der Waals surface area contributed by atoms with Crippen molar-refractivity contribution in [3.8, 4) is 0 Å². The topological polar surface area (TPSA) is 69.7 Å². The van der Waals surface area contributed by atoms with Crippen LogP contribution in [0.15, 0.2) is 36.0 Å². The van der Waals surface area contributed by atoms with Crippen LogP contribution in [0.5, 0.6) is 0 Å². The fourth-order valence-corrected chi connectivity index (χ4v) is 4.75. The van der Waals surface area contributed by atoms with E-state index >= 15 is 0 Å². The van der Waals surface area contributed by atoms with Gasteiger partial charge in [0.2, 0.25) is 0 Å². The monoisotopic (exact) mass is 397 g/mol. The third-order valence-electron chi connectivity index (χ3n) is 6.15. The molecular formula is C23H31N3O3. The molecule has 0 aliphatic carbocycles. The van der Waals surface area contributed by atoms with Crippen molar-refractivity contribution < 1.29 is 14.4 Å². The lowest BCUT2D eigenvalue weighted by Crippen LogP contribution is -2.47. The number of hydrogen-bond acceptors (Lipinski definition) is 4. The van der Waals surface area contributed by atoms with Crippen molar-refractivity contribution in [1.29, 1.82) is 0 Å². The first kappa shape index (κ1) is 21.1. The molecule has 3 amide bonds.